The minimum absolute atomic E-state index is 0.355. The first kappa shape index (κ1) is 21.2. The summed E-state index contributed by atoms with van der Waals surface area (Å²) in [6.45, 7) is 3.11. The molecule has 2 heterocycles. The molecule has 4 aromatic rings. The van der Waals surface area contributed by atoms with Gasteiger partial charge in [0.1, 0.15) is 12.4 Å². The molecule has 0 radical (unpaired) electrons. The molecule has 0 amide bonds. The Kier molecular flexibility index (Phi) is 4.97. The number of hydrogen-bond donors (Lipinski definition) is 0. The molecule has 35 heavy (non-hydrogen) atoms. The van der Waals surface area contributed by atoms with E-state index in [0.717, 1.165) is 28.8 Å². The number of nitrogens with zero attached hydrogens (tertiary/aromatic N) is 3. The second kappa shape index (κ2) is 8.22. The van der Waals surface area contributed by atoms with Gasteiger partial charge in [0.05, 0.1) is 23.1 Å². The quantitative estimate of drug-likeness (QED) is 0.324. The molecule has 178 valence electrons. The third-order valence-corrected chi connectivity index (χ3v) is 9.58. The van der Waals surface area contributed by atoms with Gasteiger partial charge in [-0.15, -0.1) is 0 Å². The summed E-state index contributed by atoms with van der Waals surface area (Å²) < 4.78 is 8.61. The third kappa shape index (κ3) is 3.41. The summed E-state index contributed by atoms with van der Waals surface area (Å²) in [5.41, 5.74) is 6.84. The van der Waals surface area contributed by atoms with Gasteiger partial charge in [-0.05, 0) is 109 Å². The Balaban J connectivity index is 1.12. The van der Waals surface area contributed by atoms with Crippen molar-refractivity contribution in [3.63, 3.8) is 0 Å². The van der Waals surface area contributed by atoms with Gasteiger partial charge >= 0.3 is 0 Å². The highest BCUT2D eigenvalue weighted by Crippen LogP contribution is 2.64. The molecule has 2 aromatic heterocycles. The smallest absolute Gasteiger partial charge is 0.130 e. The first-order chi connectivity index (χ1) is 17.2. The summed E-state index contributed by atoms with van der Waals surface area (Å²) in [6.07, 6.45) is 11.6. The number of ether oxygens (including phenoxy) is 1. The lowest BCUT2D eigenvalue weighted by molar-refractivity contribution is 0.0331. The molecule has 2 saturated carbocycles. The van der Waals surface area contributed by atoms with Crippen LogP contribution in [-0.4, -0.2) is 14.5 Å². The Labute approximate surface area is 207 Å². The minimum Gasteiger partial charge on any atom is -0.487 e. The lowest BCUT2D eigenvalue weighted by Gasteiger charge is -2.51. The standard InChI is InChI=1S/C31H33N3O/c1-31-16-15-25-24-12-10-23(35-19-22-6-4-5-17-32-22)18-21(24)9-11-26(25)27(31)13-14-30(31)34-20-33-28-7-2-3-8-29(28)34/h2-8,10,12,17-18,20,25-27,30H,9,11,13-16,19H2,1H3/t25-,26-,27+,30?,31+/m1/s1. The Morgan fingerprint density at radius 1 is 0.971 bits per heavy atom. The lowest BCUT2D eigenvalue weighted by atomic mass is 9.55. The van der Waals surface area contributed by atoms with Crippen molar-refractivity contribution in [2.24, 2.45) is 17.3 Å². The first-order valence-corrected chi connectivity index (χ1v) is 13.3. The molecular weight excluding hydrogens is 430 g/mol. The van der Waals surface area contributed by atoms with Gasteiger partial charge in [-0.3, -0.25) is 4.98 Å². The molecular formula is C31H33N3O. The van der Waals surface area contributed by atoms with Gasteiger partial charge in [-0.25, -0.2) is 4.98 Å². The van der Waals surface area contributed by atoms with Crippen LogP contribution in [-0.2, 0) is 13.0 Å². The van der Waals surface area contributed by atoms with Gasteiger partial charge in [-0.2, -0.15) is 0 Å². The Morgan fingerprint density at radius 3 is 2.80 bits per heavy atom. The molecule has 4 heteroatoms. The third-order valence-electron chi connectivity index (χ3n) is 9.58. The fourth-order valence-electron chi connectivity index (χ4n) is 7.95. The first-order valence-electron chi connectivity index (χ1n) is 13.3. The highest BCUT2D eigenvalue weighted by molar-refractivity contribution is 5.75. The van der Waals surface area contributed by atoms with Crippen molar-refractivity contribution in [1.82, 2.24) is 14.5 Å². The van der Waals surface area contributed by atoms with Crippen LogP contribution in [0.2, 0.25) is 0 Å². The average molecular weight is 464 g/mol. The SMILES string of the molecule is C[C@]12CC[C@@H]3c4ccc(OCc5ccccn5)cc4CC[C@H]3[C@@H]1CCC2n1cnc2ccccc21. The second-order valence-corrected chi connectivity index (χ2v) is 11.2. The summed E-state index contributed by atoms with van der Waals surface area (Å²) in [6, 6.07) is 22.0. The number of aromatic nitrogens is 3. The van der Waals surface area contributed by atoms with Crippen molar-refractivity contribution in [1.29, 1.82) is 0 Å². The van der Waals surface area contributed by atoms with Crippen molar-refractivity contribution in [3.8, 4) is 5.75 Å². The summed E-state index contributed by atoms with van der Waals surface area (Å²) in [5.74, 6) is 3.25. The lowest BCUT2D eigenvalue weighted by Crippen LogP contribution is -2.42. The number of hydrogen-bond acceptors (Lipinski definition) is 3. The van der Waals surface area contributed by atoms with Crippen LogP contribution in [0.15, 0.2) is 73.2 Å². The van der Waals surface area contributed by atoms with Crippen molar-refractivity contribution < 1.29 is 4.74 Å². The molecule has 0 aliphatic heterocycles. The summed E-state index contributed by atoms with van der Waals surface area (Å²) in [4.78, 5) is 9.12. The maximum absolute atomic E-state index is 6.10. The van der Waals surface area contributed by atoms with Crippen LogP contribution >= 0.6 is 0 Å². The minimum atomic E-state index is 0.355. The Bertz CT molecular complexity index is 1360. The number of pyridine rings is 1. The zero-order valence-electron chi connectivity index (χ0n) is 20.4. The van der Waals surface area contributed by atoms with E-state index in [9.17, 15) is 0 Å². The molecule has 2 aromatic carbocycles. The van der Waals surface area contributed by atoms with E-state index in [4.69, 9.17) is 9.72 Å². The summed E-state index contributed by atoms with van der Waals surface area (Å²) in [5, 5.41) is 0. The van der Waals surface area contributed by atoms with E-state index in [-0.39, 0.29) is 0 Å². The molecule has 7 rings (SSSR count). The number of para-hydroxylation sites is 2. The number of fused-ring (bicyclic) bond motifs is 6. The van der Waals surface area contributed by atoms with E-state index in [1.54, 1.807) is 5.56 Å². The van der Waals surface area contributed by atoms with Gasteiger partial charge in [0, 0.05) is 12.2 Å². The fourth-order valence-corrected chi connectivity index (χ4v) is 7.95. The second-order valence-electron chi connectivity index (χ2n) is 11.2. The van der Waals surface area contributed by atoms with Gasteiger partial charge in [0.25, 0.3) is 0 Å². The van der Waals surface area contributed by atoms with Crippen molar-refractivity contribution in [2.45, 2.75) is 64.0 Å². The van der Waals surface area contributed by atoms with Crippen molar-refractivity contribution in [2.75, 3.05) is 0 Å². The van der Waals surface area contributed by atoms with Crippen molar-refractivity contribution in [3.05, 3.63) is 90.0 Å². The van der Waals surface area contributed by atoms with Crippen LogP contribution in [0.3, 0.4) is 0 Å². The highest BCUT2D eigenvalue weighted by atomic mass is 16.5. The Hall–Kier alpha value is -3.14. The van der Waals surface area contributed by atoms with Gasteiger partial charge in [0.15, 0.2) is 0 Å². The van der Waals surface area contributed by atoms with E-state index >= 15 is 0 Å². The van der Waals surface area contributed by atoms with Crippen LogP contribution in [0.1, 0.15) is 67.8 Å². The number of aryl methyl sites for hydroxylation is 1. The number of benzene rings is 2. The zero-order chi connectivity index (χ0) is 23.4. The topological polar surface area (TPSA) is 39.9 Å². The molecule has 0 bridgehead atoms. The van der Waals surface area contributed by atoms with Crippen LogP contribution < -0.4 is 4.74 Å². The number of rotatable bonds is 4. The van der Waals surface area contributed by atoms with Crippen LogP contribution in [0.25, 0.3) is 11.0 Å². The molecule has 0 spiro atoms. The van der Waals surface area contributed by atoms with Gasteiger partial charge < -0.3 is 9.30 Å². The monoisotopic (exact) mass is 463 g/mol. The fraction of sp³-hybridized carbons (Fsp3) is 0.419. The molecule has 1 unspecified atom stereocenters. The molecule has 2 fully saturated rings. The normalized spacial score (nSPS) is 29.4. The van der Waals surface area contributed by atoms with Crippen LogP contribution in [0.4, 0.5) is 0 Å². The zero-order valence-corrected chi connectivity index (χ0v) is 20.4. The summed E-state index contributed by atoms with van der Waals surface area (Å²) in [7, 11) is 0. The molecule has 4 nitrogen and oxygen atoms in total. The highest BCUT2D eigenvalue weighted by Gasteiger charge is 2.55. The van der Waals surface area contributed by atoms with E-state index < -0.39 is 0 Å². The van der Waals surface area contributed by atoms with Crippen molar-refractivity contribution >= 4 is 11.0 Å². The molecule has 0 N–H and O–H groups in total. The molecule has 0 saturated heterocycles. The average Bonchev–Trinajstić information content (AvgIpc) is 3.48. The van der Waals surface area contributed by atoms with E-state index in [1.807, 2.05) is 24.4 Å². The molecule has 5 atom stereocenters. The predicted molar refractivity (Wildman–Crippen MR) is 138 cm³/mol. The van der Waals surface area contributed by atoms with Crippen LogP contribution in [0, 0.1) is 17.3 Å². The summed E-state index contributed by atoms with van der Waals surface area (Å²) >= 11 is 0. The Morgan fingerprint density at radius 2 is 1.89 bits per heavy atom. The van der Waals surface area contributed by atoms with Gasteiger partial charge in [0.2, 0.25) is 0 Å². The predicted octanol–water partition coefficient (Wildman–Crippen LogP) is 7.11. The maximum Gasteiger partial charge on any atom is 0.130 e. The number of imidazole rings is 1. The van der Waals surface area contributed by atoms with E-state index in [0.29, 0.717) is 24.0 Å². The van der Waals surface area contributed by atoms with Crippen LogP contribution in [0.5, 0.6) is 5.75 Å². The largest absolute Gasteiger partial charge is 0.487 e. The van der Waals surface area contributed by atoms with E-state index in [2.05, 4.69) is 65.3 Å². The van der Waals surface area contributed by atoms with Gasteiger partial charge in [-0.1, -0.05) is 31.2 Å². The molecule has 3 aliphatic rings. The molecule has 3 aliphatic carbocycles. The maximum atomic E-state index is 6.10. The van der Waals surface area contributed by atoms with E-state index in [1.165, 1.54) is 49.6 Å².